The van der Waals surface area contributed by atoms with Crippen LogP contribution in [0.25, 0.3) is 0 Å². The highest BCUT2D eigenvalue weighted by atomic mass is 16.2. The van der Waals surface area contributed by atoms with E-state index >= 15 is 0 Å². The molecule has 88 valence electrons. The predicted molar refractivity (Wildman–Crippen MR) is 61.8 cm³/mol. The molecule has 4 nitrogen and oxygen atoms in total. The van der Waals surface area contributed by atoms with Gasteiger partial charge < -0.3 is 10.6 Å². The number of amides is 1. The molecule has 2 N–H and O–H groups in total. The molecule has 1 amide bonds. The molecule has 0 saturated carbocycles. The maximum absolute atomic E-state index is 11.7. The molecule has 0 radical (unpaired) electrons. The van der Waals surface area contributed by atoms with Gasteiger partial charge in [-0.2, -0.15) is 0 Å². The van der Waals surface area contributed by atoms with Crippen LogP contribution < -0.4 is 10.6 Å². The molecule has 0 bridgehead atoms. The second-order valence-corrected chi connectivity index (χ2v) is 4.30. The third-order valence-electron chi connectivity index (χ3n) is 3.16. The summed E-state index contributed by atoms with van der Waals surface area (Å²) in [6, 6.07) is 0.505. The monoisotopic (exact) mass is 213 g/mol. The molecule has 0 aliphatic carbocycles. The first-order valence-corrected chi connectivity index (χ1v) is 5.87. The first-order valence-electron chi connectivity index (χ1n) is 5.87. The van der Waals surface area contributed by atoms with Gasteiger partial charge >= 0.3 is 0 Å². The summed E-state index contributed by atoms with van der Waals surface area (Å²) in [5.41, 5.74) is 0. The van der Waals surface area contributed by atoms with E-state index in [1.165, 1.54) is 0 Å². The molecule has 0 aromatic carbocycles. The van der Waals surface area contributed by atoms with Crippen LogP contribution in [0.4, 0.5) is 0 Å². The normalized spacial score (nSPS) is 18.7. The largest absolute Gasteiger partial charge is 0.355 e. The zero-order valence-electron chi connectivity index (χ0n) is 10.0. The Morgan fingerprint density at radius 3 is 2.73 bits per heavy atom. The minimum atomic E-state index is -0.0195. The lowest BCUT2D eigenvalue weighted by Gasteiger charge is -2.38. The van der Waals surface area contributed by atoms with Crippen LogP contribution in [0.3, 0.4) is 0 Å². The van der Waals surface area contributed by atoms with Gasteiger partial charge in [-0.3, -0.25) is 9.69 Å². The van der Waals surface area contributed by atoms with E-state index in [4.69, 9.17) is 0 Å². The van der Waals surface area contributed by atoms with Crippen LogP contribution >= 0.6 is 0 Å². The number of hydrogen-bond acceptors (Lipinski definition) is 3. The molecule has 0 spiro atoms. The first kappa shape index (κ1) is 12.5. The maximum atomic E-state index is 11.7. The summed E-state index contributed by atoms with van der Waals surface area (Å²) in [6.07, 6.45) is 2.18. The molecule has 1 aliphatic heterocycles. The number of unbranched alkanes of at least 4 members (excludes halogenated alkanes) is 1. The molecule has 1 saturated heterocycles. The number of carbonyl (C=O) groups is 1. The van der Waals surface area contributed by atoms with Crippen LogP contribution in [0, 0.1) is 0 Å². The molecular weight excluding hydrogens is 190 g/mol. The average Bonchev–Trinajstić information content (AvgIpc) is 2.14. The van der Waals surface area contributed by atoms with Crippen molar-refractivity contribution in [3.63, 3.8) is 0 Å². The summed E-state index contributed by atoms with van der Waals surface area (Å²) in [4.78, 5) is 13.9. The quantitative estimate of drug-likeness (QED) is 0.619. The lowest BCUT2D eigenvalue weighted by Crippen LogP contribution is -2.60. The number of rotatable bonds is 6. The van der Waals surface area contributed by atoms with E-state index in [0.717, 1.165) is 32.5 Å². The van der Waals surface area contributed by atoms with Crippen molar-refractivity contribution >= 4 is 5.91 Å². The van der Waals surface area contributed by atoms with Crippen molar-refractivity contribution in [1.82, 2.24) is 15.5 Å². The van der Waals surface area contributed by atoms with Crippen LogP contribution in [0.2, 0.25) is 0 Å². The van der Waals surface area contributed by atoms with Crippen LogP contribution in [0.15, 0.2) is 0 Å². The number of nitrogens with one attached hydrogen (secondary N) is 2. The second kappa shape index (κ2) is 6.08. The van der Waals surface area contributed by atoms with Gasteiger partial charge in [0.2, 0.25) is 5.91 Å². The van der Waals surface area contributed by atoms with Gasteiger partial charge in [0.15, 0.2) is 0 Å². The van der Waals surface area contributed by atoms with E-state index in [1.807, 2.05) is 14.0 Å². The van der Waals surface area contributed by atoms with Crippen molar-refractivity contribution in [2.75, 3.05) is 26.7 Å². The first-order chi connectivity index (χ1) is 7.16. The number of hydrogen-bond donors (Lipinski definition) is 2. The topological polar surface area (TPSA) is 44.4 Å². The zero-order chi connectivity index (χ0) is 11.3. The SMILES string of the molecule is CCCCNC(=O)C(C)N(C)C1CNC1. The molecule has 1 atom stereocenters. The number of carbonyl (C=O) groups excluding carboxylic acids is 1. The lowest BCUT2D eigenvalue weighted by molar-refractivity contribution is -0.126. The van der Waals surface area contributed by atoms with E-state index in [0.29, 0.717) is 6.04 Å². The Morgan fingerprint density at radius 1 is 1.60 bits per heavy atom. The smallest absolute Gasteiger partial charge is 0.237 e. The lowest BCUT2D eigenvalue weighted by atomic mass is 10.1. The molecule has 4 heteroatoms. The fraction of sp³-hybridized carbons (Fsp3) is 0.909. The van der Waals surface area contributed by atoms with Crippen LogP contribution in [0.1, 0.15) is 26.7 Å². The minimum Gasteiger partial charge on any atom is -0.355 e. The molecular formula is C11H23N3O. The van der Waals surface area contributed by atoms with E-state index in [9.17, 15) is 4.79 Å². The van der Waals surface area contributed by atoms with Crippen molar-refractivity contribution in [1.29, 1.82) is 0 Å². The summed E-state index contributed by atoms with van der Waals surface area (Å²) < 4.78 is 0. The number of nitrogens with zero attached hydrogens (tertiary/aromatic N) is 1. The van der Waals surface area contributed by atoms with Crippen molar-refractivity contribution in [2.24, 2.45) is 0 Å². The van der Waals surface area contributed by atoms with Gasteiger partial charge in [-0.1, -0.05) is 13.3 Å². The molecule has 1 aliphatic rings. The van der Waals surface area contributed by atoms with Gasteiger partial charge in [-0.05, 0) is 20.4 Å². The van der Waals surface area contributed by atoms with Crippen molar-refractivity contribution in [3.8, 4) is 0 Å². The van der Waals surface area contributed by atoms with Crippen molar-refractivity contribution in [3.05, 3.63) is 0 Å². The van der Waals surface area contributed by atoms with E-state index < -0.39 is 0 Å². The summed E-state index contributed by atoms with van der Waals surface area (Å²) in [5, 5.41) is 6.18. The van der Waals surface area contributed by atoms with E-state index in [1.54, 1.807) is 0 Å². The van der Waals surface area contributed by atoms with Crippen LogP contribution in [-0.4, -0.2) is 49.6 Å². The molecule has 15 heavy (non-hydrogen) atoms. The van der Waals surface area contributed by atoms with Gasteiger partial charge in [0, 0.05) is 25.7 Å². The average molecular weight is 213 g/mol. The van der Waals surface area contributed by atoms with Gasteiger partial charge in [0.25, 0.3) is 0 Å². The third kappa shape index (κ3) is 3.47. The van der Waals surface area contributed by atoms with Gasteiger partial charge in [-0.15, -0.1) is 0 Å². The Labute approximate surface area is 92.4 Å². The standard InChI is InChI=1S/C11H23N3O/c1-4-5-6-13-11(15)9(2)14(3)10-7-12-8-10/h9-10,12H,4-8H2,1-3H3,(H,13,15). The Balaban J connectivity index is 2.24. The fourth-order valence-corrected chi connectivity index (χ4v) is 1.60. The summed E-state index contributed by atoms with van der Waals surface area (Å²) >= 11 is 0. The fourth-order valence-electron chi connectivity index (χ4n) is 1.60. The molecule has 1 heterocycles. The molecule has 0 aromatic heterocycles. The molecule has 1 rings (SSSR count). The summed E-state index contributed by atoms with van der Waals surface area (Å²) in [5.74, 6) is 0.151. The Morgan fingerprint density at radius 2 is 2.27 bits per heavy atom. The van der Waals surface area contributed by atoms with E-state index in [-0.39, 0.29) is 11.9 Å². The van der Waals surface area contributed by atoms with Crippen LogP contribution in [-0.2, 0) is 4.79 Å². The Kier molecular flexibility index (Phi) is 5.05. The van der Waals surface area contributed by atoms with Gasteiger partial charge in [0.05, 0.1) is 6.04 Å². The summed E-state index contributed by atoms with van der Waals surface area (Å²) in [6.45, 7) is 6.91. The minimum absolute atomic E-state index is 0.0195. The van der Waals surface area contributed by atoms with Gasteiger partial charge in [0.1, 0.15) is 0 Å². The highest BCUT2D eigenvalue weighted by Crippen LogP contribution is 2.06. The zero-order valence-corrected chi connectivity index (χ0v) is 10.0. The number of likely N-dealkylation sites (N-methyl/N-ethyl adjacent to an activating group) is 1. The van der Waals surface area contributed by atoms with Gasteiger partial charge in [-0.25, -0.2) is 0 Å². The second-order valence-electron chi connectivity index (χ2n) is 4.30. The summed E-state index contributed by atoms with van der Waals surface area (Å²) in [7, 11) is 2.02. The maximum Gasteiger partial charge on any atom is 0.237 e. The molecule has 1 unspecified atom stereocenters. The predicted octanol–water partition coefficient (Wildman–Crippen LogP) is 0.195. The Bertz CT molecular complexity index is 204. The highest BCUT2D eigenvalue weighted by Gasteiger charge is 2.28. The molecule has 0 aromatic rings. The van der Waals surface area contributed by atoms with Crippen molar-refractivity contribution < 1.29 is 4.79 Å². The molecule has 1 fully saturated rings. The highest BCUT2D eigenvalue weighted by molar-refractivity contribution is 5.81. The Hall–Kier alpha value is -0.610. The van der Waals surface area contributed by atoms with Crippen molar-refractivity contribution in [2.45, 2.75) is 38.8 Å². The van der Waals surface area contributed by atoms with Crippen LogP contribution in [0.5, 0.6) is 0 Å². The third-order valence-corrected chi connectivity index (χ3v) is 3.16. The van der Waals surface area contributed by atoms with E-state index in [2.05, 4.69) is 22.5 Å².